The summed E-state index contributed by atoms with van der Waals surface area (Å²) in [6, 6.07) is 2.57. The number of aromatic nitrogens is 3. The Labute approximate surface area is 306 Å². The van der Waals surface area contributed by atoms with E-state index in [1.54, 1.807) is 0 Å². The molecule has 0 aliphatic carbocycles. The van der Waals surface area contributed by atoms with Crippen molar-refractivity contribution in [2.24, 2.45) is 0 Å². The van der Waals surface area contributed by atoms with Crippen LogP contribution in [0.3, 0.4) is 0 Å². The van der Waals surface area contributed by atoms with Gasteiger partial charge in [-0.15, -0.1) is 11.3 Å². The highest BCUT2D eigenvalue weighted by Crippen LogP contribution is 2.48. The smallest absolute Gasteiger partial charge is 0.405 e. The van der Waals surface area contributed by atoms with E-state index in [4.69, 9.17) is 35.5 Å². The standard InChI is InChI=1S/C28H27F2N7O6S.C7H12FN/c1-41-27-34-23-20(26(35-27)37-12-2-3-13(37)9-36(8-12)4-5-43-28(38,39)40)16-11-42-10-15(16)18(21(23)30)22-19-14(6-31)25(32)44-24(19)17(29)7-33-22;8-6-4-7-2-1-3-9(7)5-6/h7,12-13,38-40H,2-5,8-11,32H2,1H3;6-7H,1-5H2. The summed E-state index contributed by atoms with van der Waals surface area (Å²) in [5.41, 5.74) is 7.41. The zero-order valence-corrected chi connectivity index (χ0v) is 29.7. The number of aliphatic hydroxyl groups is 3. The number of hydrogen-bond acceptors (Lipinski definition) is 15. The topological polar surface area (TPSA) is 187 Å². The maximum Gasteiger partial charge on any atom is 0.405 e. The lowest BCUT2D eigenvalue weighted by atomic mass is 9.93. The lowest BCUT2D eigenvalue weighted by Crippen LogP contribution is -2.55. The van der Waals surface area contributed by atoms with Crippen LogP contribution in [0.15, 0.2) is 6.20 Å². The first-order valence-electron chi connectivity index (χ1n) is 17.6. The molecule has 5 N–H and O–H groups in total. The molecule has 4 unspecified atom stereocenters. The summed E-state index contributed by atoms with van der Waals surface area (Å²) in [5, 5.41) is 37.7. The van der Waals surface area contributed by atoms with Crippen LogP contribution in [0, 0.1) is 23.0 Å². The highest BCUT2D eigenvalue weighted by Gasteiger charge is 2.43. The number of pyridine rings is 1. The number of halogens is 3. The van der Waals surface area contributed by atoms with Crippen molar-refractivity contribution in [3.8, 4) is 23.3 Å². The molecule has 282 valence electrons. The average molecular weight is 757 g/mol. The van der Waals surface area contributed by atoms with Gasteiger partial charge in [-0.1, -0.05) is 0 Å². The van der Waals surface area contributed by atoms with Crippen molar-refractivity contribution >= 4 is 43.1 Å². The summed E-state index contributed by atoms with van der Waals surface area (Å²) < 4.78 is 60.4. The quantitative estimate of drug-likeness (QED) is 0.202. The highest BCUT2D eigenvalue weighted by molar-refractivity contribution is 7.23. The van der Waals surface area contributed by atoms with Crippen LogP contribution in [-0.4, -0.2) is 117 Å². The molecule has 0 spiro atoms. The number of alkyl halides is 1. The lowest BCUT2D eigenvalue weighted by molar-refractivity contribution is -0.454. The zero-order chi connectivity index (χ0) is 37.2. The molecule has 0 saturated carbocycles. The average Bonchev–Trinajstić information content (AvgIpc) is 3.94. The fourth-order valence-corrected chi connectivity index (χ4v) is 9.68. The van der Waals surface area contributed by atoms with E-state index in [0.717, 1.165) is 43.3 Å². The minimum absolute atomic E-state index is 0.00695. The van der Waals surface area contributed by atoms with Gasteiger partial charge in [0.2, 0.25) is 0 Å². The summed E-state index contributed by atoms with van der Waals surface area (Å²) in [6.45, 7) is 3.52. The first-order chi connectivity index (χ1) is 25.5. The third kappa shape index (κ3) is 6.52. The maximum atomic E-state index is 16.9. The number of nitrogen functional groups attached to an aromatic ring is 1. The molecule has 4 atom stereocenters. The zero-order valence-electron chi connectivity index (χ0n) is 28.9. The molecule has 3 aromatic heterocycles. The number of methoxy groups -OCH3 is 1. The molecular formula is C35H39F3N8O6S. The Kier molecular flexibility index (Phi) is 9.56. The van der Waals surface area contributed by atoms with E-state index in [1.165, 1.54) is 20.0 Å². The van der Waals surface area contributed by atoms with Gasteiger partial charge >= 0.3 is 12.2 Å². The normalized spacial score (nSPS) is 24.1. The van der Waals surface area contributed by atoms with Gasteiger partial charge in [0.05, 0.1) is 54.5 Å². The van der Waals surface area contributed by atoms with Crippen LogP contribution in [0.4, 0.5) is 24.0 Å². The Morgan fingerprint density at radius 3 is 2.53 bits per heavy atom. The maximum absolute atomic E-state index is 16.9. The van der Waals surface area contributed by atoms with Crippen molar-refractivity contribution in [2.45, 2.75) is 75.8 Å². The molecular weight excluding hydrogens is 717 g/mol. The van der Waals surface area contributed by atoms with Crippen molar-refractivity contribution in [1.82, 2.24) is 24.8 Å². The molecule has 18 heteroatoms. The third-order valence-corrected chi connectivity index (χ3v) is 12.0. The van der Waals surface area contributed by atoms with Crippen LogP contribution >= 0.6 is 11.3 Å². The van der Waals surface area contributed by atoms with Gasteiger partial charge in [0, 0.05) is 55.3 Å². The Balaban J connectivity index is 0.000000386. The molecule has 4 saturated heterocycles. The minimum atomic E-state index is -3.19. The second-order valence-electron chi connectivity index (χ2n) is 14.1. The number of fused-ring (bicyclic) bond motifs is 7. The van der Waals surface area contributed by atoms with Gasteiger partial charge < -0.3 is 40.2 Å². The van der Waals surface area contributed by atoms with Crippen molar-refractivity contribution in [3.63, 3.8) is 0 Å². The molecule has 8 heterocycles. The Hall–Kier alpha value is -3.93. The number of thiophene rings is 1. The number of rotatable bonds is 7. The Morgan fingerprint density at radius 2 is 1.83 bits per heavy atom. The van der Waals surface area contributed by atoms with Crippen LogP contribution < -0.4 is 15.4 Å². The number of anilines is 2. The van der Waals surface area contributed by atoms with E-state index in [9.17, 15) is 14.0 Å². The monoisotopic (exact) mass is 756 g/mol. The van der Waals surface area contributed by atoms with Crippen LogP contribution in [0.1, 0.15) is 48.8 Å². The van der Waals surface area contributed by atoms with Gasteiger partial charge in [0.1, 0.15) is 28.6 Å². The molecule has 9 rings (SSSR count). The fourth-order valence-electron chi connectivity index (χ4n) is 8.76. The van der Waals surface area contributed by atoms with Crippen LogP contribution in [0.5, 0.6) is 6.01 Å². The second-order valence-corrected chi connectivity index (χ2v) is 15.2. The van der Waals surface area contributed by atoms with Crippen molar-refractivity contribution in [1.29, 1.82) is 5.26 Å². The first-order valence-corrected chi connectivity index (χ1v) is 18.4. The third-order valence-electron chi connectivity index (χ3n) is 10.9. The molecule has 0 amide bonds. The number of nitrogens with zero attached hydrogens (tertiary/aromatic N) is 7. The van der Waals surface area contributed by atoms with Gasteiger partial charge in [0.15, 0.2) is 11.6 Å². The molecule has 4 aromatic rings. The van der Waals surface area contributed by atoms with E-state index in [0.29, 0.717) is 54.6 Å². The molecule has 1 aromatic carbocycles. The summed E-state index contributed by atoms with van der Waals surface area (Å²) in [7, 11) is 1.40. The summed E-state index contributed by atoms with van der Waals surface area (Å²) in [4.78, 5) is 20.0. The Morgan fingerprint density at radius 1 is 1.08 bits per heavy atom. The van der Waals surface area contributed by atoms with E-state index in [2.05, 4.69) is 29.4 Å². The van der Waals surface area contributed by atoms with E-state index < -0.39 is 24.0 Å². The van der Waals surface area contributed by atoms with Gasteiger partial charge in [-0.05, 0) is 49.8 Å². The van der Waals surface area contributed by atoms with Gasteiger partial charge in [-0.2, -0.15) is 15.2 Å². The first kappa shape index (κ1) is 36.1. The molecule has 53 heavy (non-hydrogen) atoms. The molecule has 2 bridgehead atoms. The molecule has 5 aliphatic rings. The van der Waals surface area contributed by atoms with E-state index in [1.807, 2.05) is 6.07 Å². The van der Waals surface area contributed by atoms with Gasteiger partial charge in [0.25, 0.3) is 0 Å². The minimum Gasteiger partial charge on any atom is -0.467 e. The van der Waals surface area contributed by atoms with Gasteiger partial charge in [-0.25, -0.2) is 13.2 Å². The largest absolute Gasteiger partial charge is 0.467 e. The van der Waals surface area contributed by atoms with Crippen LogP contribution in [-0.2, 0) is 22.7 Å². The van der Waals surface area contributed by atoms with Crippen molar-refractivity contribution in [2.75, 3.05) is 57.1 Å². The molecule has 4 fully saturated rings. The second kappa shape index (κ2) is 14.0. The predicted octanol–water partition coefficient (Wildman–Crippen LogP) is 3.13. The van der Waals surface area contributed by atoms with Crippen molar-refractivity contribution in [3.05, 3.63) is 34.5 Å². The van der Waals surface area contributed by atoms with Gasteiger partial charge in [-0.3, -0.25) is 14.8 Å². The summed E-state index contributed by atoms with van der Waals surface area (Å²) >= 11 is 0.908. The number of likely N-dealkylation sites (tertiary alicyclic amines) is 1. The number of hydrogen-bond donors (Lipinski definition) is 4. The Bertz CT molecular complexity index is 2080. The number of ether oxygens (including phenoxy) is 3. The SMILES string of the molecule is COc1nc(N2C3CCC2CN(CCOC(O)(O)O)C3)c2c3c(c(-c4ncc(F)c5sc(N)c(C#N)c45)c(F)c2n1)COC3.FC1CC2CCCN2C1. The lowest BCUT2D eigenvalue weighted by Gasteiger charge is -2.42. The molecule has 5 aliphatic heterocycles. The summed E-state index contributed by atoms with van der Waals surface area (Å²) in [5.74, 6) is -0.868. The predicted molar refractivity (Wildman–Crippen MR) is 187 cm³/mol. The number of nitrogens with two attached hydrogens (primary N) is 1. The number of piperazine rings is 1. The highest BCUT2D eigenvalue weighted by atomic mass is 32.1. The van der Waals surface area contributed by atoms with Crippen molar-refractivity contribution < 1.29 is 42.7 Å². The fraction of sp³-hybridized carbons (Fsp3) is 0.543. The number of nitriles is 1. The number of benzene rings is 1. The van der Waals surface area contributed by atoms with Crippen LogP contribution in [0.25, 0.3) is 32.2 Å². The van der Waals surface area contributed by atoms with E-state index in [-0.39, 0.29) is 75.3 Å². The van der Waals surface area contributed by atoms with Crippen LogP contribution in [0.2, 0.25) is 0 Å². The van der Waals surface area contributed by atoms with E-state index >= 15 is 4.39 Å². The summed E-state index contributed by atoms with van der Waals surface area (Å²) in [6.07, 6.45) is 2.30. The molecule has 0 radical (unpaired) electrons. The molecule has 14 nitrogen and oxygen atoms in total.